The molecule has 0 heterocycles. The predicted molar refractivity (Wildman–Crippen MR) is 59.2 cm³/mol. The summed E-state index contributed by atoms with van der Waals surface area (Å²) < 4.78 is 30.6. The molecule has 1 aromatic rings. The molecule has 0 amide bonds. The van der Waals surface area contributed by atoms with Crippen molar-refractivity contribution >= 4 is 5.97 Å². The molecule has 94 valence electrons. The van der Waals surface area contributed by atoms with Gasteiger partial charge >= 0.3 is 5.97 Å². The van der Waals surface area contributed by atoms with E-state index >= 15 is 0 Å². The third-order valence-corrected chi connectivity index (χ3v) is 2.65. The SMILES string of the molecule is COC(=O)C(C)(CN)Cc1cc(F)cc(F)c1. The smallest absolute Gasteiger partial charge is 0.313 e. The van der Waals surface area contributed by atoms with Crippen molar-refractivity contribution in [2.75, 3.05) is 13.7 Å². The molecule has 0 bridgehead atoms. The van der Waals surface area contributed by atoms with Crippen molar-refractivity contribution in [2.24, 2.45) is 11.1 Å². The van der Waals surface area contributed by atoms with Gasteiger partial charge in [0.2, 0.25) is 0 Å². The molecule has 1 atom stereocenters. The molecular weight excluding hydrogens is 228 g/mol. The maximum absolute atomic E-state index is 13.0. The van der Waals surface area contributed by atoms with Crippen LogP contribution in [-0.2, 0) is 16.0 Å². The number of hydrogen-bond acceptors (Lipinski definition) is 3. The Bertz CT molecular complexity index is 403. The lowest BCUT2D eigenvalue weighted by atomic mass is 9.83. The van der Waals surface area contributed by atoms with Gasteiger partial charge in [-0.3, -0.25) is 4.79 Å². The fourth-order valence-corrected chi connectivity index (χ4v) is 1.64. The van der Waals surface area contributed by atoms with E-state index in [0.29, 0.717) is 5.56 Å². The fraction of sp³-hybridized carbons (Fsp3) is 0.417. The Labute approximate surface area is 98.6 Å². The highest BCUT2D eigenvalue weighted by molar-refractivity contribution is 5.77. The number of halogens is 2. The normalized spacial score (nSPS) is 14.2. The van der Waals surface area contributed by atoms with E-state index in [9.17, 15) is 13.6 Å². The Morgan fingerprint density at radius 3 is 2.29 bits per heavy atom. The highest BCUT2D eigenvalue weighted by Gasteiger charge is 2.33. The lowest BCUT2D eigenvalue weighted by Crippen LogP contribution is -2.38. The fourth-order valence-electron chi connectivity index (χ4n) is 1.64. The Morgan fingerprint density at radius 2 is 1.88 bits per heavy atom. The summed E-state index contributed by atoms with van der Waals surface area (Å²) in [5, 5.41) is 0. The van der Waals surface area contributed by atoms with Gasteiger partial charge in [-0.15, -0.1) is 0 Å². The van der Waals surface area contributed by atoms with E-state index in [2.05, 4.69) is 4.74 Å². The van der Waals surface area contributed by atoms with Gasteiger partial charge in [-0.2, -0.15) is 0 Å². The summed E-state index contributed by atoms with van der Waals surface area (Å²) in [6.45, 7) is 1.64. The summed E-state index contributed by atoms with van der Waals surface area (Å²) in [5.41, 5.74) is 4.92. The lowest BCUT2D eigenvalue weighted by Gasteiger charge is -2.24. The molecule has 17 heavy (non-hydrogen) atoms. The van der Waals surface area contributed by atoms with Crippen LogP contribution in [0.2, 0.25) is 0 Å². The molecule has 0 aliphatic rings. The molecule has 0 aliphatic carbocycles. The van der Waals surface area contributed by atoms with E-state index in [-0.39, 0.29) is 13.0 Å². The second-order valence-electron chi connectivity index (χ2n) is 4.21. The van der Waals surface area contributed by atoms with Crippen LogP contribution in [-0.4, -0.2) is 19.6 Å². The first-order chi connectivity index (χ1) is 7.91. The number of methoxy groups -OCH3 is 1. The van der Waals surface area contributed by atoms with Crippen LogP contribution >= 0.6 is 0 Å². The van der Waals surface area contributed by atoms with E-state index < -0.39 is 23.0 Å². The molecule has 0 fully saturated rings. The summed E-state index contributed by atoms with van der Waals surface area (Å²) in [6.07, 6.45) is 0.130. The number of nitrogens with two attached hydrogens (primary N) is 1. The molecule has 2 N–H and O–H groups in total. The molecule has 0 saturated heterocycles. The van der Waals surface area contributed by atoms with Crippen LogP contribution in [0.5, 0.6) is 0 Å². The van der Waals surface area contributed by atoms with Crippen molar-refractivity contribution in [2.45, 2.75) is 13.3 Å². The zero-order valence-corrected chi connectivity index (χ0v) is 9.80. The van der Waals surface area contributed by atoms with Gasteiger partial charge in [-0.25, -0.2) is 8.78 Å². The first kappa shape index (κ1) is 13.6. The second kappa shape index (κ2) is 5.23. The number of rotatable bonds is 4. The van der Waals surface area contributed by atoms with Gasteiger partial charge in [-0.1, -0.05) is 0 Å². The molecule has 0 radical (unpaired) electrons. The largest absolute Gasteiger partial charge is 0.469 e. The summed E-state index contributed by atoms with van der Waals surface area (Å²) in [7, 11) is 1.25. The molecule has 0 aromatic heterocycles. The van der Waals surface area contributed by atoms with Gasteiger partial charge in [0.1, 0.15) is 11.6 Å². The molecule has 1 unspecified atom stereocenters. The predicted octanol–water partition coefficient (Wildman–Crippen LogP) is 1.65. The van der Waals surface area contributed by atoms with Crippen LogP contribution in [0.25, 0.3) is 0 Å². The summed E-state index contributed by atoms with van der Waals surface area (Å²) in [5.74, 6) is -1.85. The van der Waals surface area contributed by atoms with E-state index in [4.69, 9.17) is 5.73 Å². The van der Waals surface area contributed by atoms with Crippen LogP contribution in [0.15, 0.2) is 18.2 Å². The Kier molecular flexibility index (Phi) is 4.17. The number of hydrogen-bond donors (Lipinski definition) is 1. The van der Waals surface area contributed by atoms with Gasteiger partial charge in [0.25, 0.3) is 0 Å². The molecule has 1 rings (SSSR count). The number of esters is 1. The lowest BCUT2D eigenvalue weighted by molar-refractivity contribution is -0.151. The first-order valence-corrected chi connectivity index (χ1v) is 5.15. The minimum absolute atomic E-state index is 0.0395. The van der Waals surface area contributed by atoms with E-state index in [1.165, 1.54) is 19.2 Å². The van der Waals surface area contributed by atoms with Gasteiger partial charge < -0.3 is 10.5 Å². The third kappa shape index (κ3) is 3.23. The van der Waals surface area contributed by atoms with Crippen LogP contribution < -0.4 is 5.73 Å². The first-order valence-electron chi connectivity index (χ1n) is 5.15. The number of carbonyl (C=O) groups is 1. The monoisotopic (exact) mass is 243 g/mol. The molecule has 3 nitrogen and oxygen atoms in total. The van der Waals surface area contributed by atoms with Gasteiger partial charge in [0, 0.05) is 12.6 Å². The summed E-state index contributed by atoms with van der Waals surface area (Å²) >= 11 is 0. The van der Waals surface area contributed by atoms with Crippen molar-refractivity contribution in [3.63, 3.8) is 0 Å². The van der Waals surface area contributed by atoms with E-state index in [0.717, 1.165) is 6.07 Å². The Balaban J connectivity index is 2.98. The molecule has 5 heteroatoms. The highest BCUT2D eigenvalue weighted by atomic mass is 19.1. The molecule has 0 aliphatic heterocycles. The average molecular weight is 243 g/mol. The Morgan fingerprint density at radius 1 is 1.35 bits per heavy atom. The maximum Gasteiger partial charge on any atom is 0.313 e. The zero-order chi connectivity index (χ0) is 13.1. The topological polar surface area (TPSA) is 52.3 Å². The minimum atomic E-state index is -0.977. The number of ether oxygens (including phenoxy) is 1. The van der Waals surface area contributed by atoms with Crippen molar-refractivity contribution in [3.8, 4) is 0 Å². The van der Waals surface area contributed by atoms with Crippen LogP contribution in [0.3, 0.4) is 0 Å². The standard InChI is InChI=1S/C12H15F2NO2/c1-12(7-15,11(16)17-2)6-8-3-9(13)5-10(14)4-8/h3-5H,6-7,15H2,1-2H3. The van der Waals surface area contributed by atoms with E-state index in [1.807, 2.05) is 0 Å². The molecule has 0 saturated carbocycles. The zero-order valence-electron chi connectivity index (χ0n) is 9.80. The molecule has 0 spiro atoms. The van der Waals surface area contributed by atoms with Crippen LogP contribution in [0.1, 0.15) is 12.5 Å². The van der Waals surface area contributed by atoms with Gasteiger partial charge in [0.05, 0.1) is 12.5 Å². The minimum Gasteiger partial charge on any atom is -0.469 e. The van der Waals surface area contributed by atoms with Gasteiger partial charge in [0.15, 0.2) is 0 Å². The number of carbonyl (C=O) groups excluding carboxylic acids is 1. The highest BCUT2D eigenvalue weighted by Crippen LogP contribution is 2.24. The maximum atomic E-state index is 13.0. The number of benzene rings is 1. The average Bonchev–Trinajstić information content (AvgIpc) is 2.26. The van der Waals surface area contributed by atoms with Crippen molar-refractivity contribution in [3.05, 3.63) is 35.4 Å². The van der Waals surface area contributed by atoms with Crippen LogP contribution in [0, 0.1) is 17.0 Å². The Hall–Kier alpha value is -1.49. The molecule has 1 aromatic carbocycles. The summed E-state index contributed by atoms with van der Waals surface area (Å²) in [4.78, 5) is 11.5. The van der Waals surface area contributed by atoms with E-state index in [1.54, 1.807) is 6.92 Å². The van der Waals surface area contributed by atoms with Crippen LogP contribution in [0.4, 0.5) is 8.78 Å². The second-order valence-corrected chi connectivity index (χ2v) is 4.21. The van der Waals surface area contributed by atoms with Crippen molar-refractivity contribution < 1.29 is 18.3 Å². The third-order valence-electron chi connectivity index (χ3n) is 2.65. The molecular formula is C12H15F2NO2. The van der Waals surface area contributed by atoms with Gasteiger partial charge in [-0.05, 0) is 31.0 Å². The van der Waals surface area contributed by atoms with Crippen molar-refractivity contribution in [1.82, 2.24) is 0 Å². The van der Waals surface area contributed by atoms with Crippen molar-refractivity contribution in [1.29, 1.82) is 0 Å². The quantitative estimate of drug-likeness (QED) is 0.818. The summed E-state index contributed by atoms with van der Waals surface area (Å²) in [6, 6.07) is 3.14.